The zero-order valence-corrected chi connectivity index (χ0v) is 17.4. The summed E-state index contributed by atoms with van der Waals surface area (Å²) < 4.78 is 15.0. The lowest BCUT2D eigenvalue weighted by Crippen LogP contribution is -2.06. The van der Waals surface area contributed by atoms with Gasteiger partial charge in [-0.25, -0.2) is 4.39 Å². The second-order valence-electron chi connectivity index (χ2n) is 6.71. The number of ketones is 1. The summed E-state index contributed by atoms with van der Waals surface area (Å²) in [6.45, 7) is 2.06. The van der Waals surface area contributed by atoms with Gasteiger partial charge in [0.05, 0.1) is 0 Å². The Morgan fingerprint density at radius 3 is 2.59 bits per heavy atom. The minimum absolute atomic E-state index is 0.0884. The molecule has 0 aliphatic carbocycles. The molecule has 0 atom stereocenters. The van der Waals surface area contributed by atoms with E-state index >= 15 is 0 Å². The Hall–Kier alpha value is -2.08. The third kappa shape index (κ3) is 5.45. The molecule has 0 aliphatic rings. The highest BCUT2D eigenvalue weighted by molar-refractivity contribution is 14.1. The van der Waals surface area contributed by atoms with Gasteiger partial charge < -0.3 is 0 Å². The maximum absolute atomic E-state index is 14.2. The van der Waals surface area contributed by atoms with Crippen LogP contribution in [0.3, 0.4) is 0 Å². The van der Waals surface area contributed by atoms with Crippen molar-refractivity contribution < 1.29 is 9.18 Å². The predicted molar refractivity (Wildman–Crippen MR) is 115 cm³/mol. The fourth-order valence-electron chi connectivity index (χ4n) is 3.05. The molecule has 0 radical (unpaired) electrons. The van der Waals surface area contributed by atoms with E-state index in [2.05, 4.69) is 58.8 Å². The highest BCUT2D eigenvalue weighted by Crippen LogP contribution is 2.20. The van der Waals surface area contributed by atoms with Crippen molar-refractivity contribution in [1.82, 2.24) is 4.98 Å². The first-order chi connectivity index (χ1) is 13.0. The molecule has 2 aromatic carbocycles. The van der Waals surface area contributed by atoms with Gasteiger partial charge in [-0.3, -0.25) is 9.78 Å². The molecule has 138 valence electrons. The van der Waals surface area contributed by atoms with Gasteiger partial charge in [0.1, 0.15) is 5.82 Å². The molecule has 2 nitrogen and oxygen atoms in total. The number of carbonyl (C=O) groups excluding carboxylic acids is 1. The van der Waals surface area contributed by atoms with E-state index in [9.17, 15) is 9.18 Å². The van der Waals surface area contributed by atoms with Gasteiger partial charge in [0.2, 0.25) is 0 Å². The van der Waals surface area contributed by atoms with Crippen molar-refractivity contribution in [2.45, 2.75) is 32.6 Å². The van der Waals surface area contributed by atoms with Gasteiger partial charge in [0.15, 0.2) is 5.78 Å². The smallest absolute Gasteiger partial charge is 0.163 e. The molecule has 0 saturated carbocycles. The summed E-state index contributed by atoms with van der Waals surface area (Å²) in [5, 5.41) is 0. The fourth-order valence-corrected chi connectivity index (χ4v) is 3.51. The molecular weight excluding hydrogens is 452 g/mol. The third-order valence-corrected chi connectivity index (χ3v) is 5.26. The van der Waals surface area contributed by atoms with Crippen molar-refractivity contribution in [2.24, 2.45) is 0 Å². The van der Waals surface area contributed by atoms with Gasteiger partial charge in [0.25, 0.3) is 0 Å². The van der Waals surface area contributed by atoms with Crippen LogP contribution in [0.15, 0.2) is 60.9 Å². The van der Waals surface area contributed by atoms with Crippen LogP contribution in [0.1, 0.15) is 45.5 Å². The van der Waals surface area contributed by atoms with Gasteiger partial charge in [-0.15, -0.1) is 0 Å². The quantitative estimate of drug-likeness (QED) is 0.315. The monoisotopic (exact) mass is 473 g/mol. The average molecular weight is 473 g/mol. The molecule has 0 fully saturated rings. The Morgan fingerprint density at radius 2 is 1.85 bits per heavy atom. The topological polar surface area (TPSA) is 30.0 Å². The molecule has 0 amide bonds. The SMILES string of the molecule is Cc1ccc(CCCC(=O)c2ccncc2Cc2ccc(I)cc2F)cc1. The van der Waals surface area contributed by atoms with Crippen LogP contribution in [0, 0.1) is 16.3 Å². The van der Waals surface area contributed by atoms with Crippen LogP contribution in [-0.2, 0) is 12.8 Å². The number of rotatable bonds is 7. The van der Waals surface area contributed by atoms with E-state index in [-0.39, 0.29) is 11.6 Å². The first kappa shape index (κ1) is 19.7. The molecule has 27 heavy (non-hydrogen) atoms. The lowest BCUT2D eigenvalue weighted by molar-refractivity contribution is 0.0979. The zero-order chi connectivity index (χ0) is 19.2. The average Bonchev–Trinajstić information content (AvgIpc) is 2.66. The first-order valence-electron chi connectivity index (χ1n) is 8.98. The van der Waals surface area contributed by atoms with Crippen molar-refractivity contribution in [1.29, 1.82) is 0 Å². The van der Waals surface area contributed by atoms with Gasteiger partial charge in [-0.2, -0.15) is 0 Å². The Balaban J connectivity index is 1.67. The number of nitrogens with zero attached hydrogens (tertiary/aromatic N) is 1. The molecule has 0 aliphatic heterocycles. The number of Topliss-reactive ketones (excluding diaryl/α,β-unsaturated/α-hetero) is 1. The number of hydrogen-bond donors (Lipinski definition) is 0. The molecule has 0 bridgehead atoms. The lowest BCUT2D eigenvalue weighted by atomic mass is 9.96. The maximum Gasteiger partial charge on any atom is 0.163 e. The second kappa shape index (κ2) is 9.22. The third-order valence-electron chi connectivity index (χ3n) is 4.59. The van der Waals surface area contributed by atoms with Crippen LogP contribution >= 0.6 is 22.6 Å². The highest BCUT2D eigenvalue weighted by Gasteiger charge is 2.13. The summed E-state index contributed by atoms with van der Waals surface area (Å²) in [5.74, 6) is -0.158. The fraction of sp³-hybridized carbons (Fsp3) is 0.217. The number of carbonyl (C=O) groups is 1. The van der Waals surface area contributed by atoms with E-state index in [0.29, 0.717) is 24.0 Å². The van der Waals surface area contributed by atoms with E-state index in [0.717, 1.165) is 22.0 Å². The van der Waals surface area contributed by atoms with Crippen LogP contribution in [-0.4, -0.2) is 10.8 Å². The first-order valence-corrected chi connectivity index (χ1v) is 10.1. The number of pyridine rings is 1. The Bertz CT molecular complexity index is 937. The van der Waals surface area contributed by atoms with Crippen molar-refractivity contribution in [2.75, 3.05) is 0 Å². The van der Waals surface area contributed by atoms with E-state index in [1.54, 1.807) is 24.5 Å². The number of halogens is 2. The summed E-state index contributed by atoms with van der Waals surface area (Å²) in [7, 11) is 0. The van der Waals surface area contributed by atoms with Crippen LogP contribution < -0.4 is 0 Å². The minimum atomic E-state index is -0.247. The standard InChI is InChI=1S/C23H21FINO/c1-16-5-7-17(8-6-16)3-2-4-23(27)21-11-12-26-15-19(21)13-18-9-10-20(25)14-22(18)24/h5-12,14-15H,2-4,13H2,1H3. The molecule has 3 rings (SSSR count). The van der Waals surface area contributed by atoms with Crippen molar-refractivity contribution in [3.05, 3.63) is 98.1 Å². The van der Waals surface area contributed by atoms with Gasteiger partial charge >= 0.3 is 0 Å². The van der Waals surface area contributed by atoms with Crippen LogP contribution in [0.4, 0.5) is 4.39 Å². The van der Waals surface area contributed by atoms with Crippen LogP contribution in [0.2, 0.25) is 0 Å². The summed E-state index contributed by atoms with van der Waals surface area (Å²) in [5.41, 5.74) is 4.48. The molecule has 0 unspecified atom stereocenters. The summed E-state index contributed by atoms with van der Waals surface area (Å²) in [4.78, 5) is 16.8. The zero-order valence-electron chi connectivity index (χ0n) is 15.2. The van der Waals surface area contributed by atoms with Gasteiger partial charge in [0, 0.05) is 34.4 Å². The van der Waals surface area contributed by atoms with Crippen LogP contribution in [0.5, 0.6) is 0 Å². The second-order valence-corrected chi connectivity index (χ2v) is 7.95. The predicted octanol–water partition coefficient (Wildman–Crippen LogP) is 5.93. The molecule has 1 aromatic heterocycles. The molecule has 1 heterocycles. The Labute approximate surface area is 173 Å². The van der Waals surface area contributed by atoms with E-state index in [1.165, 1.54) is 17.2 Å². The van der Waals surface area contributed by atoms with Gasteiger partial charge in [-0.1, -0.05) is 35.9 Å². The molecule has 3 aromatic rings. The Kier molecular flexibility index (Phi) is 6.72. The largest absolute Gasteiger partial charge is 0.294 e. The van der Waals surface area contributed by atoms with Crippen molar-refractivity contribution in [3.63, 3.8) is 0 Å². The number of hydrogen-bond acceptors (Lipinski definition) is 2. The summed E-state index contributed by atoms with van der Waals surface area (Å²) in [6.07, 6.45) is 5.81. The van der Waals surface area contributed by atoms with Gasteiger partial charge in [-0.05, 0) is 77.2 Å². The van der Waals surface area contributed by atoms with Crippen molar-refractivity contribution >= 4 is 28.4 Å². The van der Waals surface area contributed by atoms with E-state index < -0.39 is 0 Å². The normalized spacial score (nSPS) is 10.8. The summed E-state index contributed by atoms with van der Waals surface area (Å²) >= 11 is 2.09. The molecule has 0 saturated heterocycles. The molecule has 4 heteroatoms. The minimum Gasteiger partial charge on any atom is -0.294 e. The lowest BCUT2D eigenvalue weighted by Gasteiger charge is -2.09. The highest BCUT2D eigenvalue weighted by atomic mass is 127. The van der Waals surface area contributed by atoms with E-state index in [1.807, 2.05) is 6.07 Å². The number of aryl methyl sites for hydroxylation is 2. The van der Waals surface area contributed by atoms with Crippen molar-refractivity contribution in [3.8, 4) is 0 Å². The number of aromatic nitrogens is 1. The molecule has 0 N–H and O–H groups in total. The Morgan fingerprint density at radius 1 is 1.07 bits per heavy atom. The van der Waals surface area contributed by atoms with E-state index in [4.69, 9.17) is 0 Å². The number of benzene rings is 2. The van der Waals surface area contributed by atoms with Crippen LogP contribution in [0.25, 0.3) is 0 Å². The maximum atomic E-state index is 14.2. The molecular formula is C23H21FINO. The summed E-state index contributed by atoms with van der Waals surface area (Å²) in [6, 6.07) is 15.3. The molecule has 0 spiro atoms.